The van der Waals surface area contributed by atoms with Crippen LogP contribution >= 0.6 is 0 Å². The third-order valence-electron chi connectivity index (χ3n) is 3.26. The summed E-state index contributed by atoms with van der Waals surface area (Å²) in [6.07, 6.45) is 1.15. The van der Waals surface area contributed by atoms with Crippen LogP contribution in [0, 0.1) is 0 Å². The van der Waals surface area contributed by atoms with Crippen molar-refractivity contribution in [2.45, 2.75) is 25.8 Å². The van der Waals surface area contributed by atoms with Gasteiger partial charge in [0.1, 0.15) is 12.6 Å². The summed E-state index contributed by atoms with van der Waals surface area (Å²) < 4.78 is 0. The Bertz CT molecular complexity index is 370. The number of likely N-dealkylation sites (tertiary alicyclic amines) is 1. The molecule has 7 heteroatoms. The van der Waals surface area contributed by atoms with Crippen molar-refractivity contribution in [1.82, 2.24) is 14.7 Å². The molecular weight excluding hydrogens is 250 g/mol. The minimum absolute atomic E-state index is 0.0226. The molecule has 1 heterocycles. The third-order valence-corrected chi connectivity index (χ3v) is 3.26. The Kier molecular flexibility index (Phi) is 5.14. The van der Waals surface area contributed by atoms with Gasteiger partial charge in [-0.05, 0) is 19.8 Å². The van der Waals surface area contributed by atoms with E-state index >= 15 is 0 Å². The highest BCUT2D eigenvalue weighted by Gasteiger charge is 2.36. The largest absolute Gasteiger partial charge is 0.480 e. The molecular formula is C12H21N3O4. The van der Waals surface area contributed by atoms with Gasteiger partial charge < -0.3 is 19.8 Å². The lowest BCUT2D eigenvalue weighted by atomic mass is 10.2. The Balaban J connectivity index is 2.73. The maximum atomic E-state index is 12.3. The number of nitrogens with zero attached hydrogens (tertiary/aromatic N) is 3. The number of carbonyl (C=O) groups excluding carboxylic acids is 2. The van der Waals surface area contributed by atoms with E-state index in [1.165, 1.54) is 14.7 Å². The first-order valence-electron chi connectivity index (χ1n) is 6.37. The second kappa shape index (κ2) is 6.40. The molecule has 0 bridgehead atoms. The van der Waals surface area contributed by atoms with E-state index < -0.39 is 12.0 Å². The quantitative estimate of drug-likeness (QED) is 0.784. The molecule has 0 aromatic carbocycles. The van der Waals surface area contributed by atoms with Crippen LogP contribution in [0.2, 0.25) is 0 Å². The van der Waals surface area contributed by atoms with Crippen LogP contribution < -0.4 is 0 Å². The van der Waals surface area contributed by atoms with E-state index in [1.807, 2.05) is 0 Å². The van der Waals surface area contributed by atoms with Crippen molar-refractivity contribution in [2.24, 2.45) is 0 Å². The number of amides is 3. The summed E-state index contributed by atoms with van der Waals surface area (Å²) in [5.74, 6) is -1.16. The lowest BCUT2D eigenvalue weighted by Crippen LogP contribution is -2.50. The van der Waals surface area contributed by atoms with Crippen molar-refractivity contribution < 1.29 is 19.5 Å². The van der Waals surface area contributed by atoms with Crippen LogP contribution in [0.1, 0.15) is 19.8 Å². The van der Waals surface area contributed by atoms with Gasteiger partial charge in [0.25, 0.3) is 0 Å². The van der Waals surface area contributed by atoms with Gasteiger partial charge in [-0.15, -0.1) is 0 Å². The zero-order chi connectivity index (χ0) is 14.6. The number of carboxylic acid groups (broad SMARTS) is 1. The normalized spacial score (nSPS) is 18.3. The number of rotatable bonds is 4. The van der Waals surface area contributed by atoms with Crippen molar-refractivity contribution >= 4 is 17.9 Å². The Labute approximate surface area is 112 Å². The van der Waals surface area contributed by atoms with E-state index in [4.69, 9.17) is 5.11 Å². The lowest BCUT2D eigenvalue weighted by Gasteiger charge is -2.29. The van der Waals surface area contributed by atoms with Gasteiger partial charge >= 0.3 is 12.0 Å². The Hall–Kier alpha value is -1.79. The van der Waals surface area contributed by atoms with E-state index in [0.717, 1.165) is 0 Å². The Morgan fingerprint density at radius 2 is 1.95 bits per heavy atom. The van der Waals surface area contributed by atoms with E-state index in [9.17, 15) is 14.4 Å². The summed E-state index contributed by atoms with van der Waals surface area (Å²) in [5, 5.41) is 9.07. The highest BCUT2D eigenvalue weighted by Crippen LogP contribution is 2.19. The summed E-state index contributed by atoms with van der Waals surface area (Å²) in [6.45, 7) is 2.56. The molecule has 0 aliphatic carbocycles. The molecule has 1 N–H and O–H groups in total. The van der Waals surface area contributed by atoms with Crippen LogP contribution in [0.25, 0.3) is 0 Å². The lowest BCUT2D eigenvalue weighted by molar-refractivity contribution is -0.141. The number of aliphatic carboxylic acids is 1. The number of urea groups is 1. The molecule has 0 spiro atoms. The van der Waals surface area contributed by atoms with E-state index in [1.54, 1.807) is 21.0 Å². The minimum Gasteiger partial charge on any atom is -0.480 e. The van der Waals surface area contributed by atoms with Gasteiger partial charge in [-0.25, -0.2) is 9.59 Å². The van der Waals surface area contributed by atoms with Crippen LogP contribution in [0.3, 0.4) is 0 Å². The molecule has 0 saturated carbocycles. The topological polar surface area (TPSA) is 81.2 Å². The molecule has 19 heavy (non-hydrogen) atoms. The second-order valence-corrected chi connectivity index (χ2v) is 4.77. The van der Waals surface area contributed by atoms with Crippen molar-refractivity contribution in [2.75, 3.05) is 33.7 Å². The first-order chi connectivity index (χ1) is 8.88. The molecule has 108 valence electrons. The highest BCUT2D eigenvalue weighted by atomic mass is 16.4. The van der Waals surface area contributed by atoms with Crippen LogP contribution in [0.4, 0.5) is 4.79 Å². The molecule has 1 aliphatic rings. The van der Waals surface area contributed by atoms with Gasteiger partial charge in [0.2, 0.25) is 5.91 Å². The molecule has 0 radical (unpaired) electrons. The third kappa shape index (κ3) is 3.59. The number of hydrogen-bond donors (Lipinski definition) is 1. The first-order valence-corrected chi connectivity index (χ1v) is 6.37. The summed E-state index contributed by atoms with van der Waals surface area (Å²) in [7, 11) is 3.24. The van der Waals surface area contributed by atoms with Gasteiger partial charge in [-0.2, -0.15) is 0 Å². The van der Waals surface area contributed by atoms with Gasteiger partial charge in [0.15, 0.2) is 0 Å². The van der Waals surface area contributed by atoms with Crippen LogP contribution in [0.5, 0.6) is 0 Å². The number of likely N-dealkylation sites (N-methyl/N-ethyl adjacent to an activating group) is 2. The van der Waals surface area contributed by atoms with Crippen molar-refractivity contribution in [1.29, 1.82) is 0 Å². The zero-order valence-electron chi connectivity index (χ0n) is 11.6. The van der Waals surface area contributed by atoms with E-state index in [0.29, 0.717) is 25.9 Å². The fraction of sp³-hybridized carbons (Fsp3) is 0.750. The predicted octanol–water partition coefficient (Wildman–Crippen LogP) is 0.0655. The predicted molar refractivity (Wildman–Crippen MR) is 68.7 cm³/mol. The average molecular weight is 271 g/mol. The maximum absolute atomic E-state index is 12.3. The molecule has 7 nitrogen and oxygen atoms in total. The SMILES string of the molecule is CCN(CC(=O)N(C)C)C(=O)N1CCCC1C(=O)O. The van der Waals surface area contributed by atoms with Crippen molar-refractivity contribution in [3.63, 3.8) is 0 Å². The smallest absolute Gasteiger partial charge is 0.326 e. The summed E-state index contributed by atoms with van der Waals surface area (Å²) in [6, 6.07) is -1.14. The monoisotopic (exact) mass is 271 g/mol. The summed E-state index contributed by atoms with van der Waals surface area (Å²) >= 11 is 0. The van der Waals surface area contributed by atoms with Crippen LogP contribution in [-0.2, 0) is 9.59 Å². The average Bonchev–Trinajstić information content (AvgIpc) is 2.83. The zero-order valence-corrected chi connectivity index (χ0v) is 11.6. The minimum atomic E-state index is -0.985. The molecule has 1 unspecified atom stereocenters. The van der Waals surface area contributed by atoms with Gasteiger partial charge in [0, 0.05) is 27.2 Å². The maximum Gasteiger partial charge on any atom is 0.326 e. The molecule has 3 amide bonds. The van der Waals surface area contributed by atoms with Gasteiger partial charge in [-0.3, -0.25) is 4.79 Å². The molecule has 1 atom stereocenters. The van der Waals surface area contributed by atoms with Gasteiger partial charge in [-0.1, -0.05) is 0 Å². The number of carboxylic acids is 1. The van der Waals surface area contributed by atoms with Gasteiger partial charge in [0.05, 0.1) is 0 Å². The second-order valence-electron chi connectivity index (χ2n) is 4.77. The molecule has 1 rings (SSSR count). The van der Waals surface area contributed by atoms with Crippen LogP contribution in [-0.4, -0.2) is 77.5 Å². The Morgan fingerprint density at radius 3 is 2.42 bits per heavy atom. The first kappa shape index (κ1) is 15.3. The van der Waals surface area contributed by atoms with E-state index in [-0.39, 0.29) is 18.5 Å². The summed E-state index contributed by atoms with van der Waals surface area (Å²) in [4.78, 5) is 39.1. The van der Waals surface area contributed by atoms with Crippen molar-refractivity contribution in [3.8, 4) is 0 Å². The van der Waals surface area contributed by atoms with Crippen LogP contribution in [0.15, 0.2) is 0 Å². The number of carbonyl (C=O) groups is 3. The molecule has 0 aromatic heterocycles. The Morgan fingerprint density at radius 1 is 1.32 bits per heavy atom. The highest BCUT2D eigenvalue weighted by molar-refractivity contribution is 5.87. The number of hydrogen-bond acceptors (Lipinski definition) is 3. The molecule has 0 aromatic rings. The fourth-order valence-corrected chi connectivity index (χ4v) is 2.05. The fourth-order valence-electron chi connectivity index (χ4n) is 2.05. The molecule has 1 aliphatic heterocycles. The standard InChI is InChI=1S/C12H21N3O4/c1-4-14(8-10(16)13(2)3)12(19)15-7-5-6-9(15)11(17)18/h9H,4-8H2,1-3H3,(H,17,18). The summed E-state index contributed by atoms with van der Waals surface area (Å²) in [5.41, 5.74) is 0. The molecule has 1 saturated heterocycles. The molecule has 1 fully saturated rings. The van der Waals surface area contributed by atoms with Crippen molar-refractivity contribution in [3.05, 3.63) is 0 Å². The van der Waals surface area contributed by atoms with E-state index in [2.05, 4.69) is 0 Å².